The Morgan fingerprint density at radius 3 is 2.31 bits per heavy atom. The lowest BCUT2D eigenvalue weighted by Crippen LogP contribution is -2.47. The highest BCUT2D eigenvalue weighted by atomic mass is 16.6. The molecule has 2 aromatic carbocycles. The standard InChI is InChI=1S/C24H26N6O2/c1-17-6-5-9-20(18(17)2)27-12-14-28(15-13-27)23-22(30(31)32)24(26-16-25-23)29-11-10-19-7-3-4-8-21(19)29/h3-9,16H,10-15H2,1-2H3. The Labute approximate surface area is 187 Å². The van der Waals surface area contributed by atoms with Crippen molar-refractivity contribution >= 4 is 28.7 Å². The Kier molecular flexibility index (Phi) is 5.13. The molecule has 2 aliphatic rings. The normalized spacial score (nSPS) is 15.8. The van der Waals surface area contributed by atoms with Gasteiger partial charge in [-0.05, 0) is 49.1 Å². The molecule has 0 saturated carbocycles. The third-order valence-electron chi connectivity index (χ3n) is 6.60. The molecule has 0 N–H and O–H groups in total. The van der Waals surface area contributed by atoms with E-state index in [1.165, 1.54) is 28.7 Å². The minimum absolute atomic E-state index is 0.00982. The van der Waals surface area contributed by atoms with E-state index in [9.17, 15) is 10.1 Å². The Hall–Kier alpha value is -3.68. The van der Waals surface area contributed by atoms with Crippen LogP contribution in [-0.4, -0.2) is 47.6 Å². The second-order valence-corrected chi connectivity index (χ2v) is 8.35. The number of piperazine rings is 1. The van der Waals surface area contributed by atoms with Crippen LogP contribution in [-0.2, 0) is 6.42 Å². The van der Waals surface area contributed by atoms with E-state index in [0.717, 1.165) is 25.2 Å². The maximum Gasteiger partial charge on any atom is 0.353 e. The lowest BCUT2D eigenvalue weighted by atomic mass is 10.1. The first-order chi connectivity index (χ1) is 15.5. The minimum atomic E-state index is -0.331. The highest BCUT2D eigenvalue weighted by Crippen LogP contribution is 2.41. The number of hydrogen-bond acceptors (Lipinski definition) is 7. The van der Waals surface area contributed by atoms with Crippen molar-refractivity contribution in [1.82, 2.24) is 9.97 Å². The quantitative estimate of drug-likeness (QED) is 0.457. The average Bonchev–Trinajstić information content (AvgIpc) is 3.24. The predicted molar refractivity (Wildman–Crippen MR) is 126 cm³/mol. The van der Waals surface area contributed by atoms with Gasteiger partial charge in [-0.15, -0.1) is 0 Å². The fourth-order valence-corrected chi connectivity index (χ4v) is 4.75. The molecule has 1 aromatic heterocycles. The lowest BCUT2D eigenvalue weighted by Gasteiger charge is -2.37. The Bertz CT molecular complexity index is 1170. The summed E-state index contributed by atoms with van der Waals surface area (Å²) in [6.07, 6.45) is 2.30. The van der Waals surface area contributed by atoms with Crippen molar-refractivity contribution in [2.24, 2.45) is 0 Å². The minimum Gasteiger partial charge on any atom is -0.368 e. The second-order valence-electron chi connectivity index (χ2n) is 8.35. The summed E-state index contributed by atoms with van der Waals surface area (Å²) >= 11 is 0. The highest BCUT2D eigenvalue weighted by molar-refractivity contribution is 5.79. The van der Waals surface area contributed by atoms with Gasteiger partial charge in [-0.3, -0.25) is 10.1 Å². The molecule has 0 aliphatic carbocycles. The summed E-state index contributed by atoms with van der Waals surface area (Å²) in [5.41, 5.74) is 5.94. The molecular formula is C24H26N6O2. The fraction of sp³-hybridized carbons (Fsp3) is 0.333. The van der Waals surface area contributed by atoms with Gasteiger partial charge in [0, 0.05) is 44.1 Å². The van der Waals surface area contributed by atoms with Gasteiger partial charge in [-0.1, -0.05) is 30.3 Å². The van der Waals surface area contributed by atoms with Crippen molar-refractivity contribution < 1.29 is 4.92 Å². The van der Waals surface area contributed by atoms with E-state index < -0.39 is 0 Å². The summed E-state index contributed by atoms with van der Waals surface area (Å²) in [6.45, 7) is 7.85. The number of fused-ring (bicyclic) bond motifs is 1. The number of nitrogens with zero attached hydrogens (tertiary/aromatic N) is 6. The molecule has 3 aromatic rings. The number of rotatable bonds is 4. The second kappa shape index (κ2) is 8.11. The monoisotopic (exact) mass is 430 g/mol. The van der Waals surface area contributed by atoms with E-state index in [4.69, 9.17) is 0 Å². The first-order valence-corrected chi connectivity index (χ1v) is 11.0. The van der Waals surface area contributed by atoms with E-state index in [-0.39, 0.29) is 10.6 Å². The maximum atomic E-state index is 12.2. The van der Waals surface area contributed by atoms with Crippen LogP contribution < -0.4 is 14.7 Å². The van der Waals surface area contributed by atoms with Crippen LogP contribution in [0.3, 0.4) is 0 Å². The van der Waals surface area contributed by atoms with Crippen molar-refractivity contribution in [1.29, 1.82) is 0 Å². The van der Waals surface area contributed by atoms with Gasteiger partial charge in [0.25, 0.3) is 0 Å². The van der Waals surface area contributed by atoms with Crippen molar-refractivity contribution in [3.05, 3.63) is 75.6 Å². The molecule has 5 rings (SSSR count). The highest BCUT2D eigenvalue weighted by Gasteiger charge is 2.34. The van der Waals surface area contributed by atoms with Crippen LogP contribution in [0.15, 0.2) is 48.8 Å². The van der Waals surface area contributed by atoms with Crippen molar-refractivity contribution in [2.45, 2.75) is 20.3 Å². The van der Waals surface area contributed by atoms with Gasteiger partial charge >= 0.3 is 5.69 Å². The average molecular weight is 431 g/mol. The molecule has 1 saturated heterocycles. The summed E-state index contributed by atoms with van der Waals surface area (Å²) in [7, 11) is 0. The molecular weight excluding hydrogens is 404 g/mol. The number of anilines is 4. The van der Waals surface area contributed by atoms with Crippen LogP contribution in [0.4, 0.5) is 28.7 Å². The number of nitro groups is 1. The van der Waals surface area contributed by atoms with Gasteiger partial charge < -0.3 is 14.7 Å². The topological polar surface area (TPSA) is 78.6 Å². The van der Waals surface area contributed by atoms with E-state index in [2.05, 4.69) is 53.0 Å². The number of para-hydroxylation sites is 1. The smallest absolute Gasteiger partial charge is 0.353 e. The molecule has 0 bridgehead atoms. The molecule has 0 amide bonds. The molecule has 0 atom stereocenters. The van der Waals surface area contributed by atoms with Crippen LogP contribution in [0.5, 0.6) is 0 Å². The van der Waals surface area contributed by atoms with Gasteiger partial charge in [0.1, 0.15) is 6.33 Å². The van der Waals surface area contributed by atoms with E-state index in [1.807, 2.05) is 28.0 Å². The molecule has 8 nitrogen and oxygen atoms in total. The molecule has 3 heterocycles. The van der Waals surface area contributed by atoms with Gasteiger partial charge in [-0.25, -0.2) is 9.97 Å². The Balaban J connectivity index is 1.44. The summed E-state index contributed by atoms with van der Waals surface area (Å²) in [4.78, 5) is 26.9. The summed E-state index contributed by atoms with van der Waals surface area (Å²) < 4.78 is 0. The maximum absolute atomic E-state index is 12.2. The van der Waals surface area contributed by atoms with Gasteiger partial charge in [0.05, 0.1) is 4.92 Å². The predicted octanol–water partition coefficient (Wildman–Crippen LogP) is 4.02. The first kappa shape index (κ1) is 20.2. The van der Waals surface area contributed by atoms with Gasteiger partial charge in [-0.2, -0.15) is 0 Å². The number of hydrogen-bond donors (Lipinski definition) is 0. The summed E-state index contributed by atoms with van der Waals surface area (Å²) in [5, 5.41) is 12.2. The molecule has 2 aliphatic heterocycles. The number of aryl methyl sites for hydroxylation is 1. The zero-order chi connectivity index (χ0) is 22.2. The summed E-state index contributed by atoms with van der Waals surface area (Å²) in [5.74, 6) is 0.784. The molecule has 32 heavy (non-hydrogen) atoms. The molecule has 1 fully saturated rings. The lowest BCUT2D eigenvalue weighted by molar-refractivity contribution is -0.383. The first-order valence-electron chi connectivity index (χ1n) is 11.0. The number of benzene rings is 2. The van der Waals surface area contributed by atoms with Crippen molar-refractivity contribution in [3.63, 3.8) is 0 Å². The third-order valence-corrected chi connectivity index (χ3v) is 6.60. The largest absolute Gasteiger partial charge is 0.368 e. The number of aromatic nitrogens is 2. The fourth-order valence-electron chi connectivity index (χ4n) is 4.75. The van der Waals surface area contributed by atoms with E-state index >= 15 is 0 Å². The molecule has 0 spiro atoms. The van der Waals surface area contributed by atoms with Crippen LogP contribution >= 0.6 is 0 Å². The van der Waals surface area contributed by atoms with Crippen LogP contribution in [0.25, 0.3) is 0 Å². The Morgan fingerprint density at radius 1 is 0.844 bits per heavy atom. The van der Waals surface area contributed by atoms with Crippen LogP contribution in [0.2, 0.25) is 0 Å². The van der Waals surface area contributed by atoms with Crippen molar-refractivity contribution in [3.8, 4) is 0 Å². The van der Waals surface area contributed by atoms with E-state index in [1.54, 1.807) is 0 Å². The van der Waals surface area contributed by atoms with Crippen molar-refractivity contribution in [2.75, 3.05) is 47.4 Å². The molecule has 8 heteroatoms. The Morgan fingerprint density at radius 2 is 1.53 bits per heavy atom. The zero-order valence-corrected chi connectivity index (χ0v) is 18.4. The van der Waals surface area contributed by atoms with Gasteiger partial charge in [0.15, 0.2) is 0 Å². The van der Waals surface area contributed by atoms with E-state index in [0.29, 0.717) is 31.3 Å². The van der Waals surface area contributed by atoms with Crippen LogP contribution in [0, 0.1) is 24.0 Å². The van der Waals surface area contributed by atoms with Gasteiger partial charge in [0.2, 0.25) is 11.6 Å². The zero-order valence-electron chi connectivity index (χ0n) is 18.4. The molecule has 164 valence electrons. The van der Waals surface area contributed by atoms with Crippen LogP contribution in [0.1, 0.15) is 16.7 Å². The SMILES string of the molecule is Cc1cccc(N2CCN(c3ncnc(N4CCc5ccccc54)c3[N+](=O)[O-])CC2)c1C. The molecule has 0 radical (unpaired) electrons. The summed E-state index contributed by atoms with van der Waals surface area (Å²) in [6, 6.07) is 14.4. The molecule has 0 unspecified atom stereocenters. The third kappa shape index (κ3) is 3.41.